The van der Waals surface area contributed by atoms with E-state index in [1.807, 2.05) is 30.3 Å². The molecule has 0 saturated carbocycles. The summed E-state index contributed by atoms with van der Waals surface area (Å²) in [5.74, 6) is 0.917. The highest BCUT2D eigenvalue weighted by Crippen LogP contribution is 2.35. The first-order valence-corrected chi connectivity index (χ1v) is 12.2. The van der Waals surface area contributed by atoms with Gasteiger partial charge in [0.15, 0.2) is 11.5 Å². The first-order chi connectivity index (χ1) is 14.8. The van der Waals surface area contributed by atoms with E-state index in [4.69, 9.17) is 9.47 Å². The maximum Gasteiger partial charge on any atom is 0.241 e. The normalized spacial score (nSPS) is 14.2. The average Bonchev–Trinajstić information content (AvgIpc) is 2.77. The summed E-state index contributed by atoms with van der Waals surface area (Å²) in [7, 11) is -3.68. The molecule has 0 radical (unpaired) electrons. The molecule has 0 fully saturated rings. The van der Waals surface area contributed by atoms with Crippen LogP contribution < -0.4 is 19.1 Å². The van der Waals surface area contributed by atoms with Gasteiger partial charge in [0.25, 0.3) is 0 Å². The number of anilines is 1. The number of amides is 1. The van der Waals surface area contributed by atoms with Crippen molar-refractivity contribution in [2.24, 2.45) is 5.92 Å². The Morgan fingerprint density at radius 3 is 2.39 bits per heavy atom. The zero-order valence-electron chi connectivity index (χ0n) is 18.2. The molecule has 1 heterocycles. The van der Waals surface area contributed by atoms with E-state index in [-0.39, 0.29) is 24.2 Å². The second-order valence-corrected chi connectivity index (χ2v) is 10.1. The van der Waals surface area contributed by atoms with E-state index in [0.29, 0.717) is 36.3 Å². The number of nitrogens with zero attached hydrogens (tertiary/aromatic N) is 1. The molecule has 2 aromatic carbocycles. The number of ether oxygens (including phenoxy) is 2. The Hall–Kier alpha value is -2.74. The molecule has 8 heteroatoms. The lowest BCUT2D eigenvalue weighted by Gasteiger charge is -2.27. The molecule has 7 nitrogen and oxygen atoms in total. The molecule has 0 unspecified atom stereocenters. The summed E-state index contributed by atoms with van der Waals surface area (Å²) in [5, 5.41) is 3.02. The zero-order valence-corrected chi connectivity index (χ0v) is 19.0. The van der Waals surface area contributed by atoms with Crippen LogP contribution >= 0.6 is 0 Å². The van der Waals surface area contributed by atoms with E-state index in [1.165, 1.54) is 0 Å². The Kier molecular flexibility index (Phi) is 7.43. The molecule has 0 aliphatic carbocycles. The molecular formula is C23H30N2O5S. The number of hydrogen-bond donors (Lipinski definition) is 1. The third-order valence-corrected chi connectivity index (χ3v) is 6.79. The van der Waals surface area contributed by atoms with Crippen molar-refractivity contribution in [1.29, 1.82) is 0 Å². The minimum atomic E-state index is -3.68. The van der Waals surface area contributed by atoms with Crippen LogP contribution in [0.1, 0.15) is 38.8 Å². The van der Waals surface area contributed by atoms with Crippen LogP contribution in [0.4, 0.5) is 5.69 Å². The van der Waals surface area contributed by atoms with Gasteiger partial charge in [-0.15, -0.1) is 0 Å². The highest BCUT2D eigenvalue weighted by Gasteiger charge is 2.26. The van der Waals surface area contributed by atoms with Crippen molar-refractivity contribution < 1.29 is 22.7 Å². The molecule has 1 amide bonds. The third-order valence-electron chi connectivity index (χ3n) is 5.05. The van der Waals surface area contributed by atoms with Gasteiger partial charge in [-0.1, -0.05) is 44.2 Å². The van der Waals surface area contributed by atoms with Crippen LogP contribution in [0.5, 0.6) is 11.5 Å². The van der Waals surface area contributed by atoms with Gasteiger partial charge < -0.3 is 14.8 Å². The van der Waals surface area contributed by atoms with E-state index < -0.39 is 10.0 Å². The number of carbonyl (C=O) groups excluding carboxylic acids is 1. The fourth-order valence-corrected chi connectivity index (χ4v) is 4.56. The van der Waals surface area contributed by atoms with E-state index >= 15 is 0 Å². The Labute approximate surface area is 184 Å². The molecule has 0 saturated heterocycles. The van der Waals surface area contributed by atoms with Crippen LogP contribution in [0.2, 0.25) is 0 Å². The third kappa shape index (κ3) is 5.91. The van der Waals surface area contributed by atoms with Crippen molar-refractivity contribution in [1.82, 2.24) is 5.32 Å². The molecule has 1 aliphatic heterocycles. The number of sulfonamides is 1. The van der Waals surface area contributed by atoms with Crippen molar-refractivity contribution in [2.45, 2.75) is 33.2 Å². The number of hydrogen-bond acceptors (Lipinski definition) is 5. The Balaban J connectivity index is 1.83. The number of rotatable bonds is 9. The average molecular weight is 447 g/mol. The summed E-state index contributed by atoms with van der Waals surface area (Å²) < 4.78 is 37.9. The van der Waals surface area contributed by atoms with Gasteiger partial charge in [-0.2, -0.15) is 0 Å². The van der Waals surface area contributed by atoms with Gasteiger partial charge >= 0.3 is 0 Å². The van der Waals surface area contributed by atoms with Gasteiger partial charge in [0, 0.05) is 6.07 Å². The van der Waals surface area contributed by atoms with Crippen LogP contribution in [-0.2, 0) is 14.8 Å². The van der Waals surface area contributed by atoms with Crippen molar-refractivity contribution in [3.05, 3.63) is 54.1 Å². The number of nitrogens with one attached hydrogen (secondary N) is 1. The second-order valence-electron chi connectivity index (χ2n) is 7.90. The van der Waals surface area contributed by atoms with Crippen LogP contribution in [0.15, 0.2) is 48.5 Å². The van der Waals surface area contributed by atoms with Gasteiger partial charge in [0.05, 0.1) is 17.5 Å². The van der Waals surface area contributed by atoms with E-state index in [0.717, 1.165) is 16.3 Å². The molecule has 0 spiro atoms. The number of fused-ring (bicyclic) bond motifs is 1. The summed E-state index contributed by atoms with van der Waals surface area (Å²) in [6.07, 6.45) is 0.750. The SMILES string of the molecule is CCS(=O)(=O)N(CC(=O)N[C@@H](CC(C)C)c1ccccc1)c1ccc2c(c1)OCCO2. The van der Waals surface area contributed by atoms with Gasteiger partial charge in [0.1, 0.15) is 19.8 Å². The summed E-state index contributed by atoms with van der Waals surface area (Å²) in [6, 6.07) is 14.4. The standard InChI is InChI=1S/C23H30N2O5S/c1-4-31(27,28)25(19-10-11-21-22(15-19)30-13-12-29-21)16-23(26)24-20(14-17(2)3)18-8-6-5-7-9-18/h5-11,15,17,20H,4,12-14,16H2,1-3H3,(H,24,26)/t20-/m0/s1. The maximum absolute atomic E-state index is 13.0. The molecular weight excluding hydrogens is 416 g/mol. The predicted octanol–water partition coefficient (Wildman–Crippen LogP) is 3.52. The monoisotopic (exact) mass is 446 g/mol. The van der Waals surface area contributed by atoms with Gasteiger partial charge in [0.2, 0.25) is 15.9 Å². The van der Waals surface area contributed by atoms with Crippen LogP contribution in [0.3, 0.4) is 0 Å². The van der Waals surface area contributed by atoms with Crippen LogP contribution in [0.25, 0.3) is 0 Å². The van der Waals surface area contributed by atoms with Gasteiger partial charge in [-0.3, -0.25) is 9.10 Å². The highest BCUT2D eigenvalue weighted by atomic mass is 32.2. The zero-order chi connectivity index (χ0) is 22.4. The lowest BCUT2D eigenvalue weighted by atomic mass is 9.97. The molecule has 1 atom stereocenters. The van der Waals surface area contributed by atoms with Crippen molar-refractivity contribution in [3.8, 4) is 11.5 Å². The molecule has 31 heavy (non-hydrogen) atoms. The van der Waals surface area contributed by atoms with Crippen molar-refractivity contribution in [3.63, 3.8) is 0 Å². The van der Waals surface area contributed by atoms with E-state index in [9.17, 15) is 13.2 Å². The number of benzene rings is 2. The predicted molar refractivity (Wildman–Crippen MR) is 121 cm³/mol. The molecule has 168 valence electrons. The smallest absolute Gasteiger partial charge is 0.241 e. The second kappa shape index (κ2) is 10.0. The van der Waals surface area contributed by atoms with Gasteiger partial charge in [-0.05, 0) is 37.0 Å². The fourth-order valence-electron chi connectivity index (χ4n) is 3.50. The summed E-state index contributed by atoms with van der Waals surface area (Å²) in [4.78, 5) is 13.0. The van der Waals surface area contributed by atoms with E-state index in [1.54, 1.807) is 25.1 Å². The summed E-state index contributed by atoms with van der Waals surface area (Å²) >= 11 is 0. The van der Waals surface area contributed by atoms with Crippen molar-refractivity contribution >= 4 is 21.6 Å². The van der Waals surface area contributed by atoms with Crippen molar-refractivity contribution in [2.75, 3.05) is 29.8 Å². The minimum absolute atomic E-state index is 0.122. The van der Waals surface area contributed by atoms with Crippen LogP contribution in [0, 0.1) is 5.92 Å². The number of carbonyl (C=O) groups is 1. The lowest BCUT2D eigenvalue weighted by molar-refractivity contribution is -0.120. The van der Waals surface area contributed by atoms with Crippen LogP contribution in [-0.4, -0.2) is 39.8 Å². The Morgan fingerprint density at radius 1 is 1.06 bits per heavy atom. The molecule has 0 bridgehead atoms. The van der Waals surface area contributed by atoms with Gasteiger partial charge in [-0.25, -0.2) is 8.42 Å². The quantitative estimate of drug-likeness (QED) is 0.637. The Bertz CT molecular complexity index is 992. The van der Waals surface area contributed by atoms with E-state index in [2.05, 4.69) is 19.2 Å². The summed E-state index contributed by atoms with van der Waals surface area (Å²) in [6.45, 7) is 6.27. The molecule has 2 aromatic rings. The molecule has 0 aromatic heterocycles. The topological polar surface area (TPSA) is 84.9 Å². The lowest BCUT2D eigenvalue weighted by Crippen LogP contribution is -2.42. The molecule has 1 N–H and O–H groups in total. The fraction of sp³-hybridized carbons (Fsp3) is 0.435. The Morgan fingerprint density at radius 2 is 1.74 bits per heavy atom. The summed E-state index contributed by atoms with van der Waals surface area (Å²) in [5.41, 5.74) is 1.37. The maximum atomic E-state index is 13.0. The highest BCUT2D eigenvalue weighted by molar-refractivity contribution is 7.92. The molecule has 3 rings (SSSR count). The minimum Gasteiger partial charge on any atom is -0.486 e. The first kappa shape index (κ1) is 22.9. The first-order valence-electron chi connectivity index (χ1n) is 10.5. The largest absolute Gasteiger partial charge is 0.486 e. The molecule has 1 aliphatic rings.